The fourth-order valence-corrected chi connectivity index (χ4v) is 3.96. The molecule has 1 aliphatic rings. The van der Waals surface area contributed by atoms with Gasteiger partial charge in [-0.2, -0.15) is 0 Å². The third-order valence-electron chi connectivity index (χ3n) is 3.72. The number of fused-ring (bicyclic) bond motifs is 1. The van der Waals surface area contributed by atoms with Crippen molar-refractivity contribution in [3.8, 4) is 5.69 Å². The van der Waals surface area contributed by atoms with E-state index >= 15 is 0 Å². The average molecular weight is 339 g/mol. The van der Waals surface area contributed by atoms with Crippen molar-refractivity contribution >= 4 is 35.3 Å². The molecule has 0 radical (unpaired) electrons. The molecule has 114 valence electrons. The number of nitrogens with zero attached hydrogens (tertiary/aromatic N) is 1. The van der Waals surface area contributed by atoms with Crippen molar-refractivity contribution in [3.05, 3.63) is 75.1 Å². The van der Waals surface area contributed by atoms with E-state index < -0.39 is 0 Å². The van der Waals surface area contributed by atoms with Crippen LogP contribution in [-0.2, 0) is 0 Å². The van der Waals surface area contributed by atoms with E-state index in [0.29, 0.717) is 8.83 Å². The lowest BCUT2D eigenvalue weighted by Crippen LogP contribution is -2.38. The number of para-hydroxylation sites is 1. The van der Waals surface area contributed by atoms with Gasteiger partial charge in [0.1, 0.15) is 16.9 Å². The first-order valence-electron chi connectivity index (χ1n) is 7.17. The third kappa shape index (κ3) is 2.46. The van der Waals surface area contributed by atoms with Gasteiger partial charge >= 0.3 is 0 Å². The first kappa shape index (κ1) is 14.2. The fourth-order valence-electron chi connectivity index (χ4n) is 2.65. The summed E-state index contributed by atoms with van der Waals surface area (Å²) in [6.45, 7) is 0. The predicted octanol–water partition coefficient (Wildman–Crippen LogP) is 4.12. The van der Waals surface area contributed by atoms with Crippen molar-refractivity contribution in [1.82, 2.24) is 9.88 Å². The molecule has 0 saturated heterocycles. The SMILES string of the molecule is O=C1N[C@H](c2ccccc2)Nc2c1sc(=S)n2-c1ccccc1. The van der Waals surface area contributed by atoms with E-state index in [1.807, 2.05) is 65.2 Å². The van der Waals surface area contributed by atoms with Crippen molar-refractivity contribution in [3.63, 3.8) is 0 Å². The molecule has 2 heterocycles. The number of nitrogens with one attached hydrogen (secondary N) is 2. The summed E-state index contributed by atoms with van der Waals surface area (Å²) < 4.78 is 2.57. The van der Waals surface area contributed by atoms with E-state index in [1.54, 1.807) is 0 Å². The molecule has 0 fully saturated rings. The molecule has 1 aliphatic heterocycles. The Labute approximate surface area is 142 Å². The summed E-state index contributed by atoms with van der Waals surface area (Å²) in [5.41, 5.74) is 1.95. The number of hydrogen-bond acceptors (Lipinski definition) is 4. The highest BCUT2D eigenvalue weighted by atomic mass is 32.1. The summed E-state index contributed by atoms with van der Waals surface area (Å²) in [4.78, 5) is 13.1. The summed E-state index contributed by atoms with van der Waals surface area (Å²) in [6.07, 6.45) is -0.268. The van der Waals surface area contributed by atoms with Crippen LogP contribution in [0.2, 0.25) is 0 Å². The number of amides is 1. The predicted molar refractivity (Wildman–Crippen MR) is 94.8 cm³/mol. The molecule has 0 aliphatic carbocycles. The lowest BCUT2D eigenvalue weighted by molar-refractivity contribution is 0.0939. The lowest BCUT2D eigenvalue weighted by Gasteiger charge is -2.27. The van der Waals surface area contributed by atoms with Crippen molar-refractivity contribution < 1.29 is 4.79 Å². The van der Waals surface area contributed by atoms with Gasteiger partial charge in [-0.25, -0.2) is 0 Å². The van der Waals surface area contributed by atoms with E-state index in [1.165, 1.54) is 11.3 Å². The molecule has 4 rings (SSSR count). The number of thiazole rings is 1. The van der Waals surface area contributed by atoms with Crippen LogP contribution in [-0.4, -0.2) is 10.5 Å². The number of hydrogen-bond donors (Lipinski definition) is 2. The topological polar surface area (TPSA) is 46.1 Å². The molecule has 0 bridgehead atoms. The average Bonchev–Trinajstić information content (AvgIpc) is 2.93. The maximum Gasteiger partial charge on any atom is 0.267 e. The summed E-state index contributed by atoms with van der Waals surface area (Å²) >= 11 is 6.79. The first-order chi connectivity index (χ1) is 11.2. The number of carbonyl (C=O) groups is 1. The Hall–Kier alpha value is -2.44. The third-order valence-corrected chi connectivity index (χ3v) is 5.09. The summed E-state index contributed by atoms with van der Waals surface area (Å²) in [5, 5.41) is 6.39. The molecule has 2 aromatic carbocycles. The Kier molecular flexibility index (Phi) is 3.48. The van der Waals surface area contributed by atoms with Crippen molar-refractivity contribution in [2.24, 2.45) is 0 Å². The van der Waals surface area contributed by atoms with E-state index in [0.717, 1.165) is 17.1 Å². The summed E-state index contributed by atoms with van der Waals surface area (Å²) in [6, 6.07) is 19.7. The van der Waals surface area contributed by atoms with Gasteiger partial charge < -0.3 is 10.6 Å². The Bertz CT molecular complexity index is 916. The Morgan fingerprint density at radius 1 is 0.957 bits per heavy atom. The van der Waals surface area contributed by atoms with Crippen LogP contribution in [0, 0.1) is 3.95 Å². The van der Waals surface area contributed by atoms with Gasteiger partial charge in [-0.3, -0.25) is 9.36 Å². The first-order valence-corrected chi connectivity index (χ1v) is 8.40. The van der Waals surface area contributed by atoms with Crippen LogP contribution in [0.25, 0.3) is 5.69 Å². The van der Waals surface area contributed by atoms with Crippen LogP contribution in [0.1, 0.15) is 21.4 Å². The maximum absolute atomic E-state index is 12.5. The minimum Gasteiger partial charge on any atom is -0.346 e. The van der Waals surface area contributed by atoms with E-state index in [2.05, 4.69) is 10.6 Å². The highest BCUT2D eigenvalue weighted by molar-refractivity contribution is 7.73. The lowest BCUT2D eigenvalue weighted by atomic mass is 10.1. The fraction of sp³-hybridized carbons (Fsp3) is 0.0588. The quantitative estimate of drug-likeness (QED) is 0.690. The number of carbonyl (C=O) groups excluding carboxylic acids is 1. The van der Waals surface area contributed by atoms with E-state index in [-0.39, 0.29) is 12.1 Å². The molecule has 23 heavy (non-hydrogen) atoms. The zero-order valence-electron chi connectivity index (χ0n) is 12.0. The molecule has 6 heteroatoms. The molecule has 1 aromatic heterocycles. The largest absolute Gasteiger partial charge is 0.346 e. The highest BCUT2D eigenvalue weighted by Gasteiger charge is 2.29. The Morgan fingerprint density at radius 3 is 2.30 bits per heavy atom. The van der Waals surface area contributed by atoms with Gasteiger partial charge in [0.25, 0.3) is 5.91 Å². The normalized spacial score (nSPS) is 16.3. The van der Waals surface area contributed by atoms with E-state index in [4.69, 9.17) is 12.2 Å². The Balaban J connectivity index is 1.83. The number of benzene rings is 2. The molecule has 0 spiro atoms. The molecule has 3 aromatic rings. The van der Waals surface area contributed by atoms with Gasteiger partial charge in [0.2, 0.25) is 0 Å². The molecule has 1 amide bonds. The van der Waals surface area contributed by atoms with Crippen LogP contribution < -0.4 is 10.6 Å². The van der Waals surface area contributed by atoms with Crippen molar-refractivity contribution in [2.75, 3.05) is 5.32 Å². The van der Waals surface area contributed by atoms with Crippen molar-refractivity contribution in [2.45, 2.75) is 6.17 Å². The maximum atomic E-state index is 12.5. The second-order valence-corrected chi connectivity index (χ2v) is 6.82. The van der Waals surface area contributed by atoms with Crippen LogP contribution in [0.3, 0.4) is 0 Å². The molecule has 1 atom stereocenters. The second-order valence-electron chi connectivity index (χ2n) is 5.18. The van der Waals surface area contributed by atoms with Crippen molar-refractivity contribution in [1.29, 1.82) is 0 Å². The minimum absolute atomic E-state index is 0.0987. The van der Waals surface area contributed by atoms with E-state index in [9.17, 15) is 4.79 Å². The zero-order valence-corrected chi connectivity index (χ0v) is 13.7. The number of aromatic nitrogens is 1. The van der Waals surface area contributed by atoms with Gasteiger partial charge in [0, 0.05) is 5.69 Å². The van der Waals surface area contributed by atoms with Gasteiger partial charge in [0.05, 0.1) is 0 Å². The number of anilines is 1. The molecular formula is C17H13N3OS2. The molecule has 2 N–H and O–H groups in total. The van der Waals surface area contributed by atoms with Crippen LogP contribution in [0.5, 0.6) is 0 Å². The van der Waals surface area contributed by atoms with Gasteiger partial charge in [-0.1, -0.05) is 59.9 Å². The van der Waals surface area contributed by atoms with Gasteiger partial charge in [-0.05, 0) is 29.9 Å². The standard InChI is InChI=1S/C17H13N3OS2/c21-16-13-15(18-14(19-16)11-7-3-1-4-8-11)20(17(22)23-13)12-9-5-2-6-10-12/h1-10,14,18H,(H,19,21)/t14-/m1/s1. The van der Waals surface area contributed by atoms with Gasteiger partial charge in [-0.15, -0.1) is 0 Å². The van der Waals surface area contributed by atoms with Gasteiger partial charge in [0.15, 0.2) is 3.95 Å². The summed E-state index contributed by atoms with van der Waals surface area (Å²) in [7, 11) is 0. The van der Waals surface area contributed by atoms with Crippen LogP contribution in [0.4, 0.5) is 5.82 Å². The molecule has 0 saturated carbocycles. The molecular weight excluding hydrogens is 326 g/mol. The minimum atomic E-state index is -0.268. The van der Waals surface area contributed by atoms with Crippen LogP contribution in [0.15, 0.2) is 60.7 Å². The smallest absolute Gasteiger partial charge is 0.267 e. The monoisotopic (exact) mass is 339 g/mol. The van der Waals surface area contributed by atoms with Crippen LogP contribution >= 0.6 is 23.6 Å². The Morgan fingerprint density at radius 2 is 1.61 bits per heavy atom. The zero-order chi connectivity index (χ0) is 15.8. The highest BCUT2D eigenvalue weighted by Crippen LogP contribution is 2.34. The second kappa shape index (κ2) is 5.64. The summed E-state index contributed by atoms with van der Waals surface area (Å²) in [5.74, 6) is 0.655. The molecule has 0 unspecified atom stereocenters. The number of rotatable bonds is 2. The molecule has 4 nitrogen and oxygen atoms in total.